The van der Waals surface area contributed by atoms with Crippen LogP contribution in [0.25, 0.3) is 21.8 Å². The molecule has 0 aliphatic heterocycles. The number of thioether (sulfide) groups is 2. The Morgan fingerprint density at radius 1 is 0.727 bits per heavy atom. The van der Waals surface area contributed by atoms with Gasteiger partial charge in [-0.3, -0.25) is 4.79 Å². The Balaban J connectivity index is 0.000000175. The topological polar surface area (TPSA) is 188 Å². The van der Waals surface area contributed by atoms with E-state index in [9.17, 15) is 14.7 Å². The van der Waals surface area contributed by atoms with Gasteiger partial charge in [-0.05, 0) is 62.8 Å². The lowest BCUT2D eigenvalue weighted by molar-refractivity contribution is 0.0695. The third kappa shape index (κ3) is 6.31. The van der Waals surface area contributed by atoms with Crippen LogP contribution in [0.3, 0.4) is 0 Å². The number of carbonyl (C=O) groups is 2. The zero-order chi connectivity index (χ0) is 31.4. The number of carbonyl (C=O) groups excluding carboxylic acids is 1. The van der Waals surface area contributed by atoms with Crippen molar-refractivity contribution in [3.63, 3.8) is 0 Å². The Kier molecular flexibility index (Phi) is 9.01. The molecular weight excluding hydrogens is 599 g/mol. The summed E-state index contributed by atoms with van der Waals surface area (Å²) in [5.74, 6) is -0.862. The van der Waals surface area contributed by atoms with Crippen molar-refractivity contribution in [2.24, 2.45) is 5.73 Å². The Labute approximate surface area is 260 Å². The number of aryl methyl sites for hydroxylation is 2. The molecule has 0 aliphatic carbocycles. The lowest BCUT2D eigenvalue weighted by Crippen LogP contribution is -2.17. The molecule has 0 unspecified atom stereocenters. The second-order valence-corrected chi connectivity index (χ2v) is 11.0. The fourth-order valence-electron chi connectivity index (χ4n) is 4.65. The summed E-state index contributed by atoms with van der Waals surface area (Å²) < 4.78 is 0. The molecule has 0 bridgehead atoms. The van der Waals surface area contributed by atoms with Crippen molar-refractivity contribution < 1.29 is 14.7 Å². The third-order valence-electron chi connectivity index (χ3n) is 6.66. The fourth-order valence-corrected chi connectivity index (χ4v) is 5.47. The number of benzene rings is 2. The van der Waals surface area contributed by atoms with Crippen molar-refractivity contribution in [3.05, 3.63) is 83.4 Å². The van der Waals surface area contributed by atoms with Gasteiger partial charge >= 0.3 is 5.97 Å². The Morgan fingerprint density at radius 2 is 1.18 bits per heavy atom. The van der Waals surface area contributed by atoms with Crippen LogP contribution in [0.2, 0.25) is 0 Å². The number of rotatable bonds is 8. The second kappa shape index (κ2) is 13.1. The summed E-state index contributed by atoms with van der Waals surface area (Å²) in [7, 11) is 0. The van der Waals surface area contributed by atoms with Gasteiger partial charge < -0.3 is 31.4 Å². The smallest absolute Gasteiger partial charge is 0.341 e. The standard InChI is InChI=1S/C15H15N5OS.C15H14N4O2S/c1-8-12(13(16)21)14(20-15(18-8)22-2)19-11-5-3-4-10-9(11)6-7-17-10;1-8-12(14(20)21)13(19-15(17-8)22-2)18-11-5-3-4-10-9(11)6-7-16-10/h3-7,17H,1-2H3,(H2,16,21)(H,18,19,20);3-7,16H,1-2H3,(H,20,21)(H,17,18,19). The predicted molar refractivity (Wildman–Crippen MR) is 176 cm³/mol. The van der Waals surface area contributed by atoms with E-state index >= 15 is 0 Å². The van der Waals surface area contributed by atoms with Crippen molar-refractivity contribution in [1.82, 2.24) is 29.9 Å². The highest BCUT2D eigenvalue weighted by Crippen LogP contribution is 2.30. The van der Waals surface area contributed by atoms with Crippen molar-refractivity contribution in [1.29, 1.82) is 0 Å². The summed E-state index contributed by atoms with van der Waals surface area (Å²) in [5, 5.41) is 18.9. The molecule has 0 spiro atoms. The molecule has 6 rings (SSSR count). The normalized spacial score (nSPS) is 10.8. The van der Waals surface area contributed by atoms with Gasteiger partial charge in [0.2, 0.25) is 0 Å². The number of nitrogens with one attached hydrogen (secondary N) is 4. The molecule has 0 saturated carbocycles. The van der Waals surface area contributed by atoms with Crippen molar-refractivity contribution in [3.8, 4) is 0 Å². The third-order valence-corrected chi connectivity index (χ3v) is 7.76. The second-order valence-electron chi connectivity index (χ2n) is 9.45. The van der Waals surface area contributed by atoms with E-state index in [0.717, 1.165) is 33.2 Å². The first kappa shape index (κ1) is 30.4. The number of anilines is 4. The molecule has 0 aliphatic rings. The van der Waals surface area contributed by atoms with Gasteiger partial charge in [0, 0.05) is 45.6 Å². The highest BCUT2D eigenvalue weighted by Gasteiger charge is 2.19. The minimum absolute atomic E-state index is 0.0883. The number of H-pyrrole nitrogens is 2. The van der Waals surface area contributed by atoms with Crippen LogP contribution >= 0.6 is 23.5 Å². The van der Waals surface area contributed by atoms with Gasteiger partial charge in [-0.2, -0.15) is 0 Å². The molecule has 6 aromatic rings. The lowest BCUT2D eigenvalue weighted by Gasteiger charge is -2.13. The summed E-state index contributed by atoms with van der Waals surface area (Å²) in [5.41, 5.74) is 10.5. The van der Waals surface area contributed by atoms with E-state index < -0.39 is 11.9 Å². The van der Waals surface area contributed by atoms with E-state index in [2.05, 4.69) is 40.5 Å². The summed E-state index contributed by atoms with van der Waals surface area (Å²) in [6.45, 7) is 3.43. The first-order chi connectivity index (χ1) is 21.2. The Hall–Kier alpha value is -5.08. The maximum Gasteiger partial charge on any atom is 0.341 e. The number of amides is 1. The average Bonchev–Trinajstić information content (AvgIpc) is 3.67. The maximum atomic E-state index is 11.7. The van der Waals surface area contributed by atoms with E-state index in [0.29, 0.717) is 38.9 Å². The molecule has 44 heavy (non-hydrogen) atoms. The highest BCUT2D eigenvalue weighted by atomic mass is 32.2. The van der Waals surface area contributed by atoms with E-state index in [-0.39, 0.29) is 5.56 Å². The molecule has 12 nitrogen and oxygen atoms in total. The highest BCUT2D eigenvalue weighted by molar-refractivity contribution is 7.98. The van der Waals surface area contributed by atoms with Gasteiger partial charge in [0.15, 0.2) is 10.3 Å². The summed E-state index contributed by atoms with van der Waals surface area (Å²) >= 11 is 2.78. The van der Waals surface area contributed by atoms with E-state index in [1.165, 1.54) is 23.5 Å². The number of carboxylic acid groups (broad SMARTS) is 1. The molecule has 224 valence electrons. The molecular formula is C30H29N9O3S2. The first-order valence-corrected chi connectivity index (χ1v) is 15.7. The van der Waals surface area contributed by atoms with Crippen LogP contribution in [0.1, 0.15) is 32.1 Å². The van der Waals surface area contributed by atoms with Crippen LogP contribution in [-0.4, -0.2) is 59.4 Å². The van der Waals surface area contributed by atoms with Crippen molar-refractivity contribution >= 4 is 80.2 Å². The number of aromatic carboxylic acids is 1. The average molecular weight is 628 g/mol. The van der Waals surface area contributed by atoms with Crippen LogP contribution in [0.15, 0.2) is 71.2 Å². The quantitative estimate of drug-likeness (QED) is 0.0825. The first-order valence-electron chi connectivity index (χ1n) is 13.2. The van der Waals surface area contributed by atoms with Crippen molar-refractivity contribution in [2.75, 3.05) is 23.1 Å². The Morgan fingerprint density at radius 3 is 1.61 bits per heavy atom. The van der Waals surface area contributed by atoms with Crippen molar-refractivity contribution in [2.45, 2.75) is 24.2 Å². The van der Waals surface area contributed by atoms with Crippen LogP contribution in [0, 0.1) is 13.8 Å². The zero-order valence-electron chi connectivity index (χ0n) is 24.2. The number of hydrogen-bond acceptors (Lipinski definition) is 10. The summed E-state index contributed by atoms with van der Waals surface area (Å²) in [4.78, 5) is 46.7. The van der Waals surface area contributed by atoms with Gasteiger partial charge in [0.05, 0.1) is 11.4 Å². The minimum atomic E-state index is -1.05. The number of primary amides is 1. The molecule has 2 aromatic carbocycles. The van der Waals surface area contributed by atoms with Gasteiger partial charge in [-0.1, -0.05) is 35.7 Å². The zero-order valence-corrected chi connectivity index (χ0v) is 25.9. The molecule has 0 saturated heterocycles. The van der Waals surface area contributed by atoms with Crippen LogP contribution in [0.4, 0.5) is 23.0 Å². The van der Waals surface area contributed by atoms with E-state index in [4.69, 9.17) is 5.73 Å². The number of hydrogen-bond donors (Lipinski definition) is 6. The van der Waals surface area contributed by atoms with E-state index in [1.807, 2.05) is 73.4 Å². The number of aromatic nitrogens is 6. The molecule has 14 heteroatoms. The predicted octanol–water partition coefficient (Wildman–Crippen LogP) is 6.26. The lowest BCUT2D eigenvalue weighted by atomic mass is 10.2. The molecule has 7 N–H and O–H groups in total. The molecule has 4 aromatic heterocycles. The number of nitrogens with two attached hydrogens (primary N) is 1. The van der Waals surface area contributed by atoms with Crippen LogP contribution < -0.4 is 16.4 Å². The largest absolute Gasteiger partial charge is 0.477 e. The number of carboxylic acids is 1. The number of aromatic amines is 2. The van der Waals surface area contributed by atoms with Crippen LogP contribution in [0.5, 0.6) is 0 Å². The summed E-state index contributed by atoms with van der Waals surface area (Å²) in [6.07, 6.45) is 7.44. The van der Waals surface area contributed by atoms with Gasteiger partial charge in [0.1, 0.15) is 22.8 Å². The SMILES string of the molecule is CSc1nc(C)c(C(=O)O)c(Nc2cccc3[nH]ccc23)n1.CSc1nc(C)c(C(N)=O)c(Nc2cccc3[nH]ccc23)n1. The van der Waals surface area contributed by atoms with E-state index in [1.54, 1.807) is 13.8 Å². The fraction of sp³-hybridized carbons (Fsp3) is 0.133. The maximum absolute atomic E-state index is 11.7. The number of fused-ring (bicyclic) bond motifs is 2. The van der Waals surface area contributed by atoms with Gasteiger partial charge in [-0.15, -0.1) is 0 Å². The molecule has 0 radical (unpaired) electrons. The molecule has 0 atom stereocenters. The number of nitrogens with zero attached hydrogens (tertiary/aromatic N) is 4. The van der Waals surface area contributed by atoms with Gasteiger partial charge in [0.25, 0.3) is 5.91 Å². The molecule has 4 heterocycles. The minimum Gasteiger partial charge on any atom is -0.477 e. The Bertz CT molecular complexity index is 1860. The van der Waals surface area contributed by atoms with Crippen LogP contribution in [-0.2, 0) is 0 Å². The van der Waals surface area contributed by atoms with Gasteiger partial charge in [-0.25, -0.2) is 24.7 Å². The summed E-state index contributed by atoms with van der Waals surface area (Å²) in [6, 6.07) is 15.5. The molecule has 1 amide bonds. The monoisotopic (exact) mass is 627 g/mol. The molecule has 0 fully saturated rings.